The van der Waals surface area contributed by atoms with Crippen LogP contribution >= 0.6 is 0 Å². The lowest BCUT2D eigenvalue weighted by Crippen LogP contribution is -2.30. The second kappa shape index (κ2) is 3.06. The van der Waals surface area contributed by atoms with E-state index in [1.807, 2.05) is 0 Å². The summed E-state index contributed by atoms with van der Waals surface area (Å²) in [6.45, 7) is 12.7. The normalized spacial score (nSPS) is 52.7. The van der Waals surface area contributed by atoms with Gasteiger partial charge in [-0.05, 0) is 59.7 Å². The van der Waals surface area contributed by atoms with Gasteiger partial charge in [0.15, 0.2) is 0 Å². The molecule has 0 saturated heterocycles. The predicted molar refractivity (Wildman–Crippen MR) is 69.2 cm³/mol. The molecule has 3 fully saturated rings. The predicted octanol–water partition coefficient (Wildman–Crippen LogP) is 4.74. The highest BCUT2D eigenvalue weighted by atomic mass is 14.7. The van der Waals surface area contributed by atoms with Crippen molar-refractivity contribution in [2.75, 3.05) is 0 Å². The summed E-state index contributed by atoms with van der Waals surface area (Å²) >= 11 is 0. The zero-order valence-corrected chi connectivity index (χ0v) is 11.7. The maximum absolute atomic E-state index is 2.54. The van der Waals surface area contributed by atoms with Gasteiger partial charge in [-0.15, -0.1) is 0 Å². The minimum Gasteiger partial charge on any atom is -0.0622 e. The molecule has 3 rings (SSSR count). The van der Waals surface area contributed by atoms with E-state index in [0.29, 0.717) is 10.8 Å². The van der Waals surface area contributed by atoms with E-state index in [-0.39, 0.29) is 0 Å². The van der Waals surface area contributed by atoms with Crippen LogP contribution in [0.25, 0.3) is 0 Å². The molecule has 5 atom stereocenters. The summed E-state index contributed by atoms with van der Waals surface area (Å²) in [6.07, 6.45) is 5.99. The van der Waals surface area contributed by atoms with E-state index in [0.717, 1.165) is 29.6 Å². The van der Waals surface area contributed by atoms with E-state index >= 15 is 0 Å². The highest BCUT2D eigenvalue weighted by Crippen LogP contribution is 2.72. The third kappa shape index (κ3) is 1.28. The van der Waals surface area contributed by atoms with E-state index < -0.39 is 0 Å². The topological polar surface area (TPSA) is 0 Å². The first-order valence-electron chi connectivity index (χ1n) is 7.36. The second-order valence-electron chi connectivity index (χ2n) is 8.22. The first-order valence-corrected chi connectivity index (χ1v) is 7.36. The van der Waals surface area contributed by atoms with Crippen molar-refractivity contribution in [3.05, 3.63) is 0 Å². The minimum absolute atomic E-state index is 0.624. The summed E-state index contributed by atoms with van der Waals surface area (Å²) in [5.74, 6) is 5.20. The fraction of sp³-hybridized carbons (Fsp3) is 1.00. The molecule has 0 radical (unpaired) electrons. The van der Waals surface area contributed by atoms with Crippen molar-refractivity contribution in [2.45, 2.75) is 60.3 Å². The zero-order valence-electron chi connectivity index (χ0n) is 11.7. The van der Waals surface area contributed by atoms with Crippen LogP contribution < -0.4 is 0 Å². The summed E-state index contributed by atoms with van der Waals surface area (Å²) in [7, 11) is 0. The first kappa shape index (κ1) is 11.1. The number of hydrogen-bond acceptors (Lipinski definition) is 0. The SMILES string of the molecule is CC1CC[C@H]2C1[C@H]1[C@@H](CCC2(C)C)C1(C)C. The standard InChI is InChI=1S/C16H28/c1-10-6-7-11-13(10)14-12(16(14,4)5)8-9-15(11,2)3/h10-14H,6-9H2,1-5H3/t10?,11-,12+,13?,14+/m0/s1. The molecule has 0 aromatic carbocycles. The van der Waals surface area contributed by atoms with Crippen LogP contribution in [-0.2, 0) is 0 Å². The van der Waals surface area contributed by atoms with E-state index in [1.54, 1.807) is 0 Å². The molecule has 0 amide bonds. The van der Waals surface area contributed by atoms with Crippen LogP contribution in [0, 0.1) is 40.4 Å². The Balaban J connectivity index is 1.94. The average Bonchev–Trinajstić information content (AvgIpc) is 2.51. The van der Waals surface area contributed by atoms with Crippen LogP contribution in [0.2, 0.25) is 0 Å². The van der Waals surface area contributed by atoms with Gasteiger partial charge in [0.05, 0.1) is 0 Å². The van der Waals surface area contributed by atoms with Crippen molar-refractivity contribution in [3.8, 4) is 0 Å². The zero-order chi connectivity index (χ0) is 11.7. The fourth-order valence-corrected chi connectivity index (χ4v) is 5.56. The Hall–Kier alpha value is 0. The van der Waals surface area contributed by atoms with Gasteiger partial charge < -0.3 is 0 Å². The van der Waals surface area contributed by atoms with Gasteiger partial charge in [0, 0.05) is 0 Å². The average molecular weight is 220 g/mol. The molecular formula is C16H28. The van der Waals surface area contributed by atoms with Gasteiger partial charge in [0.1, 0.15) is 0 Å². The molecule has 0 aromatic heterocycles. The van der Waals surface area contributed by atoms with Crippen molar-refractivity contribution < 1.29 is 0 Å². The molecule has 0 spiro atoms. The lowest BCUT2D eigenvalue weighted by atomic mass is 9.68. The number of rotatable bonds is 0. The Morgan fingerprint density at radius 2 is 1.56 bits per heavy atom. The van der Waals surface area contributed by atoms with Crippen molar-refractivity contribution >= 4 is 0 Å². The van der Waals surface area contributed by atoms with Crippen LogP contribution in [0.3, 0.4) is 0 Å². The molecule has 0 heterocycles. The molecule has 0 nitrogen and oxygen atoms in total. The molecule has 0 bridgehead atoms. The summed E-state index contributed by atoms with van der Waals surface area (Å²) in [4.78, 5) is 0. The van der Waals surface area contributed by atoms with Crippen LogP contribution in [-0.4, -0.2) is 0 Å². The largest absolute Gasteiger partial charge is 0.0622 e. The van der Waals surface area contributed by atoms with Crippen molar-refractivity contribution in [2.24, 2.45) is 40.4 Å². The van der Waals surface area contributed by atoms with Gasteiger partial charge in [-0.25, -0.2) is 0 Å². The van der Waals surface area contributed by atoms with Crippen LogP contribution in [0.4, 0.5) is 0 Å². The number of fused-ring (bicyclic) bond motifs is 3. The maximum Gasteiger partial charge on any atom is -0.0289 e. The molecule has 3 aliphatic rings. The quantitative estimate of drug-likeness (QED) is 0.553. The second-order valence-corrected chi connectivity index (χ2v) is 8.22. The van der Waals surface area contributed by atoms with Crippen molar-refractivity contribution in [1.82, 2.24) is 0 Å². The Morgan fingerprint density at radius 1 is 0.875 bits per heavy atom. The molecule has 92 valence electrons. The van der Waals surface area contributed by atoms with Crippen molar-refractivity contribution in [1.29, 1.82) is 0 Å². The molecule has 3 saturated carbocycles. The van der Waals surface area contributed by atoms with Gasteiger partial charge in [0.2, 0.25) is 0 Å². The molecule has 0 heteroatoms. The first-order chi connectivity index (χ1) is 7.36. The third-order valence-corrected chi connectivity index (χ3v) is 6.71. The smallest absolute Gasteiger partial charge is 0.0289 e. The van der Waals surface area contributed by atoms with E-state index in [9.17, 15) is 0 Å². The van der Waals surface area contributed by atoms with E-state index in [1.165, 1.54) is 25.7 Å². The molecule has 16 heavy (non-hydrogen) atoms. The van der Waals surface area contributed by atoms with Gasteiger partial charge in [-0.1, -0.05) is 41.0 Å². The third-order valence-electron chi connectivity index (χ3n) is 6.71. The van der Waals surface area contributed by atoms with E-state index in [4.69, 9.17) is 0 Å². The van der Waals surface area contributed by atoms with Crippen LogP contribution in [0.1, 0.15) is 60.3 Å². The van der Waals surface area contributed by atoms with Crippen LogP contribution in [0.5, 0.6) is 0 Å². The van der Waals surface area contributed by atoms with Gasteiger partial charge in [-0.2, -0.15) is 0 Å². The molecule has 3 aliphatic carbocycles. The molecule has 0 N–H and O–H groups in total. The van der Waals surface area contributed by atoms with Gasteiger partial charge in [-0.3, -0.25) is 0 Å². The van der Waals surface area contributed by atoms with Crippen LogP contribution in [0.15, 0.2) is 0 Å². The Labute approximate surface area is 101 Å². The highest BCUT2D eigenvalue weighted by molar-refractivity contribution is 5.14. The summed E-state index contributed by atoms with van der Waals surface area (Å²) in [5.41, 5.74) is 1.30. The summed E-state index contributed by atoms with van der Waals surface area (Å²) < 4.78 is 0. The maximum atomic E-state index is 2.54. The molecule has 0 aliphatic heterocycles. The van der Waals surface area contributed by atoms with Gasteiger partial charge in [0.25, 0.3) is 0 Å². The summed E-state index contributed by atoms with van der Waals surface area (Å²) in [6, 6.07) is 0. The monoisotopic (exact) mass is 220 g/mol. The molecule has 2 unspecified atom stereocenters. The molecule has 0 aromatic rings. The lowest BCUT2D eigenvalue weighted by Gasteiger charge is -2.37. The Kier molecular flexibility index (Phi) is 2.12. The minimum atomic E-state index is 0.624. The van der Waals surface area contributed by atoms with E-state index in [2.05, 4.69) is 34.6 Å². The molecular weight excluding hydrogens is 192 g/mol. The fourth-order valence-electron chi connectivity index (χ4n) is 5.56. The Bertz CT molecular complexity index is 299. The lowest BCUT2D eigenvalue weighted by molar-refractivity contribution is 0.122. The highest BCUT2D eigenvalue weighted by Gasteiger charge is 2.65. The van der Waals surface area contributed by atoms with Crippen molar-refractivity contribution in [3.63, 3.8) is 0 Å². The van der Waals surface area contributed by atoms with Gasteiger partial charge >= 0.3 is 0 Å². The summed E-state index contributed by atoms with van der Waals surface area (Å²) in [5, 5.41) is 0. The Morgan fingerprint density at radius 3 is 2.25 bits per heavy atom. The number of hydrogen-bond donors (Lipinski definition) is 0.